The highest BCUT2D eigenvalue weighted by atomic mass is 35.5. The summed E-state index contributed by atoms with van der Waals surface area (Å²) in [4.78, 5) is 58.5. The molecule has 2 heterocycles. The maximum absolute atomic E-state index is 13.9. The highest BCUT2D eigenvalue weighted by molar-refractivity contribution is 6.31. The van der Waals surface area contributed by atoms with Gasteiger partial charge in [0.25, 0.3) is 0 Å². The molecule has 0 unspecified atom stereocenters. The maximum Gasteiger partial charge on any atom is 0.326 e. The van der Waals surface area contributed by atoms with E-state index in [4.69, 9.17) is 11.6 Å². The van der Waals surface area contributed by atoms with Gasteiger partial charge in [-0.25, -0.2) is 9.59 Å². The Hall–Kier alpha value is -4.05. The predicted octanol–water partition coefficient (Wildman–Crippen LogP) is 4.83. The minimum absolute atomic E-state index is 0.0189. The van der Waals surface area contributed by atoms with E-state index in [1.165, 1.54) is 0 Å². The lowest BCUT2D eigenvalue weighted by Crippen LogP contribution is -2.58. The summed E-state index contributed by atoms with van der Waals surface area (Å²) in [5, 5.41) is 20.0. The summed E-state index contributed by atoms with van der Waals surface area (Å²) in [6.45, 7) is 7.12. The number of aromatic nitrogens is 1. The van der Waals surface area contributed by atoms with Crippen molar-refractivity contribution in [3.05, 3.63) is 70.4 Å². The van der Waals surface area contributed by atoms with Gasteiger partial charge in [-0.2, -0.15) is 0 Å². The Balaban J connectivity index is 1.36. The zero-order chi connectivity index (χ0) is 33.0. The van der Waals surface area contributed by atoms with Crippen LogP contribution in [0.4, 0.5) is 4.79 Å². The van der Waals surface area contributed by atoms with Crippen molar-refractivity contribution in [2.75, 3.05) is 13.1 Å². The summed E-state index contributed by atoms with van der Waals surface area (Å²) in [6, 6.07) is 9.38. The number of carbonyl (C=O) groups excluding carboxylic acids is 3. The lowest BCUT2D eigenvalue weighted by atomic mass is 9.98. The molecule has 5 N–H and O–H groups in total. The maximum atomic E-state index is 13.9. The first-order chi connectivity index (χ1) is 22.0. The van der Waals surface area contributed by atoms with Crippen LogP contribution >= 0.6 is 11.6 Å². The van der Waals surface area contributed by atoms with Gasteiger partial charge in [-0.3, -0.25) is 9.59 Å². The fourth-order valence-corrected chi connectivity index (χ4v) is 7.08. The van der Waals surface area contributed by atoms with E-state index in [9.17, 15) is 24.3 Å². The number of urea groups is 1. The molecule has 1 saturated carbocycles. The Labute approximate surface area is 274 Å². The van der Waals surface area contributed by atoms with E-state index < -0.39 is 35.9 Å². The number of halogens is 1. The Morgan fingerprint density at radius 2 is 1.54 bits per heavy atom. The van der Waals surface area contributed by atoms with Crippen LogP contribution in [-0.2, 0) is 27.2 Å². The van der Waals surface area contributed by atoms with Gasteiger partial charge >= 0.3 is 12.0 Å². The molecule has 10 nitrogen and oxygen atoms in total. The Morgan fingerprint density at radius 1 is 0.891 bits per heavy atom. The van der Waals surface area contributed by atoms with E-state index in [1.54, 1.807) is 31.3 Å². The monoisotopic (exact) mass is 649 g/mol. The van der Waals surface area contributed by atoms with Crippen LogP contribution in [0.5, 0.6) is 0 Å². The van der Waals surface area contributed by atoms with Crippen LogP contribution < -0.4 is 16.0 Å². The van der Waals surface area contributed by atoms with Crippen molar-refractivity contribution in [2.24, 2.45) is 17.8 Å². The van der Waals surface area contributed by atoms with Crippen molar-refractivity contribution in [3.63, 3.8) is 0 Å². The summed E-state index contributed by atoms with van der Waals surface area (Å²) in [6.07, 6.45) is 5.71. The predicted molar refractivity (Wildman–Crippen MR) is 178 cm³/mol. The normalized spacial score (nSPS) is 19.5. The molecular weight excluding hydrogens is 606 g/mol. The molecule has 5 rings (SSSR count). The minimum Gasteiger partial charge on any atom is -0.480 e. The van der Waals surface area contributed by atoms with Crippen LogP contribution in [0.3, 0.4) is 0 Å². The third-order valence-electron chi connectivity index (χ3n) is 9.37. The molecule has 1 aliphatic heterocycles. The molecule has 1 aliphatic carbocycles. The van der Waals surface area contributed by atoms with Gasteiger partial charge in [-0.1, -0.05) is 55.8 Å². The standard InChI is InChI=1S/C35H44ClN5O5/c1-20(2)13-29(40-35(46)41-18-22-11-12-23(14-22)19-41)32(42)38-30(16-25-17-37-28-10-5-4-8-26(25)28)33(43)39-31(34(44)45)15-24-7-6-9-27(36)21(24)3/h4-10,17,20,22-23,29-31,37H,11-16,18-19H2,1-3H3,(H,38,42)(H,39,43)(H,40,46)(H,44,45)/t22-,23+,29-,30+,31+/m0/s1. The fourth-order valence-electron chi connectivity index (χ4n) is 6.88. The number of carboxylic acid groups (broad SMARTS) is 1. The van der Waals surface area contributed by atoms with Crippen LogP contribution in [-0.4, -0.2) is 70.0 Å². The molecule has 1 aromatic heterocycles. The van der Waals surface area contributed by atoms with Gasteiger partial charge in [0.05, 0.1) is 0 Å². The topological polar surface area (TPSA) is 144 Å². The lowest BCUT2D eigenvalue weighted by Gasteiger charge is -2.33. The molecule has 2 aromatic carbocycles. The Bertz CT molecular complexity index is 1580. The van der Waals surface area contributed by atoms with Crippen molar-refractivity contribution >= 4 is 46.3 Å². The number of rotatable bonds is 12. The summed E-state index contributed by atoms with van der Waals surface area (Å²) in [5.41, 5.74) is 3.11. The average Bonchev–Trinajstić information content (AvgIpc) is 3.58. The van der Waals surface area contributed by atoms with Crippen molar-refractivity contribution < 1.29 is 24.3 Å². The fraction of sp³-hybridized carbons (Fsp3) is 0.486. The van der Waals surface area contributed by atoms with Gasteiger partial charge in [0.1, 0.15) is 18.1 Å². The molecule has 2 bridgehead atoms. The van der Waals surface area contributed by atoms with Gasteiger partial charge in [0.2, 0.25) is 11.8 Å². The molecule has 246 valence electrons. The first kappa shape index (κ1) is 33.3. The van der Waals surface area contributed by atoms with Crippen molar-refractivity contribution in [1.29, 1.82) is 0 Å². The number of aromatic amines is 1. The van der Waals surface area contributed by atoms with Gasteiger partial charge in [-0.05, 0) is 79.2 Å². The number of carboxylic acids is 1. The highest BCUT2D eigenvalue weighted by Gasteiger charge is 2.37. The quantitative estimate of drug-likeness (QED) is 0.191. The molecule has 1 saturated heterocycles. The van der Waals surface area contributed by atoms with E-state index in [0.29, 0.717) is 41.9 Å². The molecule has 2 fully saturated rings. The first-order valence-corrected chi connectivity index (χ1v) is 16.5. The third kappa shape index (κ3) is 8.02. The number of nitrogens with zero attached hydrogens (tertiary/aromatic N) is 1. The molecule has 11 heteroatoms. The number of carbonyl (C=O) groups is 4. The van der Waals surface area contributed by atoms with Gasteiger partial charge < -0.3 is 30.9 Å². The summed E-state index contributed by atoms with van der Waals surface area (Å²) in [7, 11) is 0. The van der Waals surface area contributed by atoms with E-state index in [1.807, 2.05) is 43.0 Å². The average molecular weight is 650 g/mol. The SMILES string of the molecule is Cc1c(Cl)cccc1C[C@@H](NC(=O)[C@@H](Cc1c[nH]c2ccccc12)NC(=O)[C@H](CC(C)C)NC(=O)N1C[C@@H]2CC[C@@H](C2)C1)C(=O)O. The van der Waals surface area contributed by atoms with Crippen LogP contribution in [0.15, 0.2) is 48.7 Å². The van der Waals surface area contributed by atoms with Crippen LogP contribution in [0.2, 0.25) is 5.02 Å². The van der Waals surface area contributed by atoms with E-state index >= 15 is 0 Å². The second-order valence-corrected chi connectivity index (χ2v) is 13.7. The number of hydrogen-bond donors (Lipinski definition) is 5. The number of aliphatic carboxylic acids is 1. The van der Waals surface area contributed by atoms with Crippen molar-refractivity contribution in [3.8, 4) is 0 Å². The number of piperidine rings is 1. The van der Waals surface area contributed by atoms with E-state index in [-0.39, 0.29) is 24.8 Å². The van der Waals surface area contributed by atoms with Crippen LogP contribution in [0, 0.1) is 24.7 Å². The zero-order valence-corrected chi connectivity index (χ0v) is 27.4. The smallest absolute Gasteiger partial charge is 0.326 e. The number of likely N-dealkylation sites (tertiary alicyclic amines) is 1. The summed E-state index contributed by atoms with van der Waals surface area (Å²) < 4.78 is 0. The number of hydrogen-bond acceptors (Lipinski definition) is 4. The number of nitrogens with one attached hydrogen (secondary N) is 4. The summed E-state index contributed by atoms with van der Waals surface area (Å²) in [5.74, 6) is -1.22. The zero-order valence-electron chi connectivity index (χ0n) is 26.6. The van der Waals surface area contributed by atoms with E-state index in [0.717, 1.165) is 41.3 Å². The summed E-state index contributed by atoms with van der Waals surface area (Å²) >= 11 is 6.27. The lowest BCUT2D eigenvalue weighted by molar-refractivity contribution is -0.142. The van der Waals surface area contributed by atoms with Crippen LogP contribution in [0.1, 0.15) is 56.2 Å². The number of amides is 4. The molecule has 4 amide bonds. The highest BCUT2D eigenvalue weighted by Crippen LogP contribution is 2.36. The number of para-hydroxylation sites is 1. The third-order valence-corrected chi connectivity index (χ3v) is 9.78. The molecule has 0 spiro atoms. The van der Waals surface area contributed by atoms with Crippen molar-refractivity contribution in [2.45, 2.75) is 77.4 Å². The van der Waals surface area contributed by atoms with Crippen molar-refractivity contribution in [1.82, 2.24) is 25.8 Å². The second-order valence-electron chi connectivity index (χ2n) is 13.3. The molecule has 5 atom stereocenters. The minimum atomic E-state index is -1.26. The molecule has 2 aliphatic rings. The molecule has 0 radical (unpaired) electrons. The van der Waals surface area contributed by atoms with Gasteiger partial charge in [0.15, 0.2) is 0 Å². The Morgan fingerprint density at radius 3 is 2.24 bits per heavy atom. The molecular formula is C35H44ClN5O5. The number of fused-ring (bicyclic) bond motifs is 3. The van der Waals surface area contributed by atoms with Gasteiger partial charge in [0, 0.05) is 48.1 Å². The van der Waals surface area contributed by atoms with Gasteiger partial charge in [-0.15, -0.1) is 0 Å². The largest absolute Gasteiger partial charge is 0.480 e. The van der Waals surface area contributed by atoms with Crippen LogP contribution in [0.25, 0.3) is 10.9 Å². The number of benzene rings is 2. The molecule has 3 aromatic rings. The first-order valence-electron chi connectivity index (χ1n) is 16.2. The Kier molecular flexibility index (Phi) is 10.6. The molecule has 46 heavy (non-hydrogen) atoms. The van der Waals surface area contributed by atoms with E-state index in [2.05, 4.69) is 20.9 Å². The second kappa shape index (κ2) is 14.6. The number of H-pyrrole nitrogens is 1.